The quantitative estimate of drug-likeness (QED) is 0.559. The summed E-state index contributed by atoms with van der Waals surface area (Å²) in [6.07, 6.45) is 1.25. The largest absolute Gasteiger partial charge is 0.298 e. The molecule has 0 amide bonds. The Morgan fingerprint density at radius 3 is 2.32 bits per heavy atom. The highest BCUT2D eigenvalue weighted by molar-refractivity contribution is 6.33. The van der Waals surface area contributed by atoms with E-state index in [4.69, 9.17) is 11.6 Å². The minimum Gasteiger partial charge on any atom is -0.298 e. The molecule has 1 atom stereocenters. The lowest BCUT2D eigenvalue weighted by Crippen LogP contribution is -2.19. The zero-order chi connectivity index (χ0) is 17.1. The van der Waals surface area contributed by atoms with Gasteiger partial charge in [0.15, 0.2) is 0 Å². The van der Waals surface area contributed by atoms with Crippen molar-refractivity contribution in [3.05, 3.63) is 95.0 Å². The number of likely N-dealkylation sites (tertiary alicyclic amines) is 1. The monoisotopic (exact) mass is 347 g/mol. The van der Waals surface area contributed by atoms with Gasteiger partial charge < -0.3 is 0 Å². The third-order valence-electron chi connectivity index (χ3n) is 5.09. The summed E-state index contributed by atoms with van der Waals surface area (Å²) in [5.74, 6) is 0.670. The van der Waals surface area contributed by atoms with Crippen molar-refractivity contribution < 1.29 is 0 Å². The van der Waals surface area contributed by atoms with Gasteiger partial charge in [0.25, 0.3) is 0 Å². The maximum Gasteiger partial charge on any atom is 0.0484 e. The van der Waals surface area contributed by atoms with Crippen LogP contribution in [0.2, 0.25) is 5.02 Å². The van der Waals surface area contributed by atoms with E-state index in [0.717, 1.165) is 23.7 Å². The molecule has 25 heavy (non-hydrogen) atoms. The normalized spacial score (nSPS) is 17.7. The first kappa shape index (κ1) is 16.4. The van der Waals surface area contributed by atoms with Crippen LogP contribution in [0.1, 0.15) is 23.5 Å². The Kier molecular flexibility index (Phi) is 4.87. The highest BCUT2D eigenvalue weighted by Crippen LogP contribution is 2.30. The number of rotatable bonds is 4. The van der Waals surface area contributed by atoms with Crippen LogP contribution in [0.3, 0.4) is 0 Å². The summed E-state index contributed by atoms with van der Waals surface area (Å²) in [6.45, 7) is 3.34. The highest BCUT2D eigenvalue weighted by atomic mass is 35.5. The van der Waals surface area contributed by atoms with Gasteiger partial charge in [0, 0.05) is 23.7 Å². The van der Waals surface area contributed by atoms with E-state index >= 15 is 0 Å². The summed E-state index contributed by atoms with van der Waals surface area (Å²) >= 11 is 6.30. The fraction of sp³-hybridized carbons (Fsp3) is 0.217. The van der Waals surface area contributed by atoms with Crippen LogP contribution in [0.15, 0.2) is 78.9 Å². The van der Waals surface area contributed by atoms with Crippen LogP contribution >= 0.6 is 11.6 Å². The van der Waals surface area contributed by atoms with Gasteiger partial charge in [-0.25, -0.2) is 0 Å². The van der Waals surface area contributed by atoms with Crippen LogP contribution in [0.5, 0.6) is 0 Å². The molecule has 0 spiro atoms. The molecule has 1 unspecified atom stereocenters. The number of benzene rings is 3. The molecule has 4 rings (SSSR count). The van der Waals surface area contributed by atoms with Gasteiger partial charge in [-0.3, -0.25) is 4.90 Å². The Labute approximate surface area is 154 Å². The lowest BCUT2D eigenvalue weighted by Gasteiger charge is -2.16. The van der Waals surface area contributed by atoms with Gasteiger partial charge in [0.1, 0.15) is 0 Å². The minimum atomic E-state index is 0.670. The molecule has 0 N–H and O–H groups in total. The number of nitrogens with zero attached hydrogens (tertiary/aromatic N) is 1. The van der Waals surface area contributed by atoms with E-state index in [1.54, 1.807) is 0 Å². The maximum atomic E-state index is 6.30. The number of hydrogen-bond acceptors (Lipinski definition) is 1. The average molecular weight is 348 g/mol. The highest BCUT2D eigenvalue weighted by Gasteiger charge is 2.23. The van der Waals surface area contributed by atoms with Crippen molar-refractivity contribution in [2.24, 2.45) is 0 Å². The molecule has 0 aromatic heterocycles. The maximum absolute atomic E-state index is 6.30. The standard InChI is InChI=1S/C23H22ClN/c24-23-9-5-4-8-22(23)20-12-10-18(11-13-20)16-25-15-14-21(17-25)19-6-2-1-3-7-19/h1-13,21H,14-17H2. The molecule has 0 radical (unpaired) electrons. The van der Waals surface area contributed by atoms with Gasteiger partial charge in [0.05, 0.1) is 0 Å². The van der Waals surface area contributed by atoms with Crippen LogP contribution in [0.25, 0.3) is 11.1 Å². The van der Waals surface area contributed by atoms with Gasteiger partial charge in [-0.2, -0.15) is 0 Å². The molecule has 0 saturated carbocycles. The summed E-state index contributed by atoms with van der Waals surface area (Å²) in [4.78, 5) is 2.56. The minimum absolute atomic E-state index is 0.670. The van der Waals surface area contributed by atoms with E-state index < -0.39 is 0 Å². The molecule has 1 nitrogen and oxygen atoms in total. The second-order valence-electron chi connectivity index (χ2n) is 6.81. The third kappa shape index (κ3) is 3.78. The summed E-state index contributed by atoms with van der Waals surface area (Å²) in [5.41, 5.74) is 5.11. The molecule has 1 fully saturated rings. The molecule has 1 aliphatic rings. The van der Waals surface area contributed by atoms with Gasteiger partial charge in [0.2, 0.25) is 0 Å². The SMILES string of the molecule is Clc1ccccc1-c1ccc(CN2CCC(c3ccccc3)C2)cc1. The van der Waals surface area contributed by atoms with E-state index in [1.807, 2.05) is 18.2 Å². The molecule has 0 bridgehead atoms. The molecule has 2 heteroatoms. The second-order valence-corrected chi connectivity index (χ2v) is 7.22. The molecular weight excluding hydrogens is 326 g/mol. The summed E-state index contributed by atoms with van der Waals surface area (Å²) < 4.78 is 0. The summed E-state index contributed by atoms with van der Waals surface area (Å²) in [6, 6.07) is 27.7. The van der Waals surface area contributed by atoms with Crippen molar-refractivity contribution in [2.75, 3.05) is 13.1 Å². The predicted octanol–water partition coefficient (Wildman–Crippen LogP) is 6.00. The molecule has 0 aliphatic carbocycles. The molecule has 3 aromatic rings. The molecule has 3 aromatic carbocycles. The van der Waals surface area contributed by atoms with Crippen molar-refractivity contribution in [3.63, 3.8) is 0 Å². The topological polar surface area (TPSA) is 3.24 Å². The van der Waals surface area contributed by atoms with Crippen molar-refractivity contribution in [3.8, 4) is 11.1 Å². The van der Waals surface area contributed by atoms with Gasteiger partial charge >= 0.3 is 0 Å². The Bertz CT molecular complexity index is 826. The Hall–Kier alpha value is -2.09. The van der Waals surface area contributed by atoms with E-state index in [1.165, 1.54) is 29.7 Å². The van der Waals surface area contributed by atoms with Gasteiger partial charge in [-0.05, 0) is 41.6 Å². The lowest BCUT2D eigenvalue weighted by molar-refractivity contribution is 0.327. The zero-order valence-electron chi connectivity index (χ0n) is 14.2. The first-order valence-corrected chi connectivity index (χ1v) is 9.28. The van der Waals surface area contributed by atoms with E-state index in [2.05, 4.69) is 65.6 Å². The van der Waals surface area contributed by atoms with E-state index in [0.29, 0.717) is 5.92 Å². The van der Waals surface area contributed by atoms with Crippen molar-refractivity contribution in [1.82, 2.24) is 4.90 Å². The lowest BCUT2D eigenvalue weighted by atomic mass is 9.99. The molecule has 1 heterocycles. The molecule has 1 aliphatic heterocycles. The van der Waals surface area contributed by atoms with Crippen LogP contribution in [0, 0.1) is 0 Å². The van der Waals surface area contributed by atoms with Crippen LogP contribution in [0.4, 0.5) is 0 Å². The zero-order valence-corrected chi connectivity index (χ0v) is 15.0. The van der Waals surface area contributed by atoms with Crippen LogP contribution < -0.4 is 0 Å². The smallest absolute Gasteiger partial charge is 0.0484 e. The molecule has 126 valence electrons. The predicted molar refractivity (Wildman–Crippen MR) is 106 cm³/mol. The molecule has 1 saturated heterocycles. The summed E-state index contributed by atoms with van der Waals surface area (Å²) in [7, 11) is 0. The Morgan fingerprint density at radius 2 is 1.56 bits per heavy atom. The average Bonchev–Trinajstić information content (AvgIpc) is 3.12. The fourth-order valence-electron chi connectivity index (χ4n) is 3.72. The number of halogens is 1. The number of hydrogen-bond donors (Lipinski definition) is 0. The first-order chi connectivity index (χ1) is 12.3. The first-order valence-electron chi connectivity index (χ1n) is 8.91. The van der Waals surface area contributed by atoms with Crippen molar-refractivity contribution in [1.29, 1.82) is 0 Å². The van der Waals surface area contributed by atoms with Gasteiger partial charge in [-0.1, -0.05) is 84.4 Å². The van der Waals surface area contributed by atoms with Crippen molar-refractivity contribution in [2.45, 2.75) is 18.9 Å². The second kappa shape index (κ2) is 7.43. The molecular formula is C23H22ClN. The third-order valence-corrected chi connectivity index (χ3v) is 5.42. The van der Waals surface area contributed by atoms with Gasteiger partial charge in [-0.15, -0.1) is 0 Å². The van der Waals surface area contributed by atoms with Crippen molar-refractivity contribution >= 4 is 11.6 Å². The fourth-order valence-corrected chi connectivity index (χ4v) is 3.96. The Balaban J connectivity index is 1.41. The summed E-state index contributed by atoms with van der Waals surface area (Å²) in [5, 5.41) is 0.806. The van der Waals surface area contributed by atoms with Crippen LogP contribution in [-0.4, -0.2) is 18.0 Å². The van der Waals surface area contributed by atoms with E-state index in [9.17, 15) is 0 Å². The van der Waals surface area contributed by atoms with Crippen LogP contribution in [-0.2, 0) is 6.54 Å². The Morgan fingerprint density at radius 1 is 0.840 bits per heavy atom. The van der Waals surface area contributed by atoms with E-state index in [-0.39, 0.29) is 0 Å².